The monoisotopic (exact) mass is 291 g/mol. The van der Waals surface area contributed by atoms with Crippen molar-refractivity contribution in [3.8, 4) is 5.75 Å². The minimum absolute atomic E-state index is 0.386. The molecule has 0 aliphatic heterocycles. The van der Waals surface area contributed by atoms with Crippen molar-refractivity contribution in [2.45, 2.75) is 13.0 Å². The van der Waals surface area contributed by atoms with Gasteiger partial charge in [-0.3, -0.25) is 0 Å². The Bertz CT molecular complexity index is 563. The molecule has 2 aromatic rings. The first kappa shape index (κ1) is 14.6. The first-order chi connectivity index (χ1) is 9.69. The molecule has 2 rings (SSSR count). The number of carboxylic acid groups (broad SMARTS) is 1. The summed E-state index contributed by atoms with van der Waals surface area (Å²) in [5, 5.41) is 12.2. The smallest absolute Gasteiger partial charge is 0.345 e. The van der Waals surface area contributed by atoms with Crippen LogP contribution in [-0.4, -0.2) is 24.7 Å². The van der Waals surface area contributed by atoms with Crippen molar-refractivity contribution in [3.05, 3.63) is 51.7 Å². The molecule has 1 aromatic carbocycles. The lowest BCUT2D eigenvalue weighted by Gasteiger charge is -2.05. The van der Waals surface area contributed by atoms with Crippen LogP contribution in [-0.2, 0) is 13.0 Å². The van der Waals surface area contributed by atoms with Gasteiger partial charge < -0.3 is 15.2 Å². The van der Waals surface area contributed by atoms with Gasteiger partial charge in [-0.25, -0.2) is 4.79 Å². The van der Waals surface area contributed by atoms with Gasteiger partial charge in [-0.05, 0) is 42.8 Å². The van der Waals surface area contributed by atoms with Crippen LogP contribution in [0.25, 0.3) is 0 Å². The minimum atomic E-state index is -0.862. The number of carbonyl (C=O) groups is 1. The number of thiophene rings is 1. The van der Waals surface area contributed by atoms with Crippen molar-refractivity contribution in [2.24, 2.45) is 0 Å². The van der Waals surface area contributed by atoms with Crippen LogP contribution in [0.4, 0.5) is 0 Å². The van der Waals surface area contributed by atoms with Crippen LogP contribution in [0.1, 0.15) is 20.1 Å². The number of hydrogen-bond acceptors (Lipinski definition) is 4. The summed E-state index contributed by atoms with van der Waals surface area (Å²) >= 11 is 1.31. The van der Waals surface area contributed by atoms with E-state index < -0.39 is 5.97 Å². The van der Waals surface area contributed by atoms with E-state index in [2.05, 4.69) is 5.32 Å². The molecule has 1 aromatic heterocycles. The van der Waals surface area contributed by atoms with E-state index in [1.54, 1.807) is 13.2 Å². The molecule has 0 saturated carbocycles. The van der Waals surface area contributed by atoms with Crippen LogP contribution >= 0.6 is 11.3 Å². The minimum Gasteiger partial charge on any atom is -0.497 e. The molecule has 0 saturated heterocycles. The Balaban J connectivity index is 1.73. The third-order valence-electron chi connectivity index (χ3n) is 2.92. The zero-order valence-electron chi connectivity index (χ0n) is 11.3. The van der Waals surface area contributed by atoms with Crippen LogP contribution < -0.4 is 10.1 Å². The Hall–Kier alpha value is -1.85. The summed E-state index contributed by atoms with van der Waals surface area (Å²) < 4.78 is 5.11. The zero-order valence-corrected chi connectivity index (χ0v) is 12.1. The molecule has 0 aliphatic carbocycles. The van der Waals surface area contributed by atoms with Crippen molar-refractivity contribution in [1.29, 1.82) is 0 Å². The second kappa shape index (κ2) is 7.07. The highest BCUT2D eigenvalue weighted by molar-refractivity contribution is 7.13. The highest BCUT2D eigenvalue weighted by Crippen LogP contribution is 2.16. The van der Waals surface area contributed by atoms with Crippen LogP contribution in [0, 0.1) is 0 Å². The van der Waals surface area contributed by atoms with Gasteiger partial charge in [0, 0.05) is 11.4 Å². The highest BCUT2D eigenvalue weighted by atomic mass is 32.1. The quantitative estimate of drug-likeness (QED) is 0.770. The maximum absolute atomic E-state index is 10.8. The molecule has 1 heterocycles. The standard InChI is InChI=1S/C15H17NO3S/c1-19-12-4-2-11(3-5-12)8-9-16-10-13-6-7-14(20-13)15(17)18/h2-7,16H,8-10H2,1H3,(H,17,18). The third-order valence-corrected chi connectivity index (χ3v) is 3.99. The molecule has 0 bridgehead atoms. The Kier molecular flexibility index (Phi) is 5.15. The normalized spacial score (nSPS) is 10.4. The van der Waals surface area contributed by atoms with E-state index in [-0.39, 0.29) is 0 Å². The van der Waals surface area contributed by atoms with Gasteiger partial charge in [0.2, 0.25) is 0 Å². The van der Waals surface area contributed by atoms with Crippen LogP contribution in [0.3, 0.4) is 0 Å². The predicted molar refractivity (Wildman–Crippen MR) is 79.7 cm³/mol. The molecule has 0 atom stereocenters. The number of carboxylic acids is 1. The fraction of sp³-hybridized carbons (Fsp3) is 0.267. The Morgan fingerprint density at radius 2 is 2.00 bits per heavy atom. The summed E-state index contributed by atoms with van der Waals surface area (Å²) in [6, 6.07) is 11.5. The van der Waals surface area contributed by atoms with Crippen LogP contribution in [0.5, 0.6) is 5.75 Å². The average molecular weight is 291 g/mol. The molecule has 2 N–H and O–H groups in total. The number of rotatable bonds is 7. The van der Waals surface area contributed by atoms with E-state index in [4.69, 9.17) is 9.84 Å². The molecule has 106 valence electrons. The predicted octanol–water partition coefficient (Wildman–Crippen LogP) is 2.79. The lowest BCUT2D eigenvalue weighted by molar-refractivity contribution is 0.0702. The van der Waals surface area contributed by atoms with E-state index in [9.17, 15) is 4.79 Å². The molecule has 5 heteroatoms. The first-order valence-corrected chi connectivity index (χ1v) is 7.16. The molecule has 4 nitrogen and oxygen atoms in total. The van der Waals surface area contributed by atoms with E-state index in [0.717, 1.165) is 23.6 Å². The van der Waals surface area contributed by atoms with Gasteiger partial charge in [0.25, 0.3) is 0 Å². The number of benzene rings is 1. The van der Waals surface area contributed by atoms with E-state index in [0.29, 0.717) is 11.4 Å². The van der Waals surface area contributed by atoms with Crippen molar-refractivity contribution in [3.63, 3.8) is 0 Å². The average Bonchev–Trinajstić information content (AvgIpc) is 2.93. The van der Waals surface area contributed by atoms with Crippen LogP contribution in [0.15, 0.2) is 36.4 Å². The largest absolute Gasteiger partial charge is 0.497 e. The molecule has 0 spiro atoms. The van der Waals surface area contributed by atoms with Crippen molar-refractivity contribution < 1.29 is 14.6 Å². The fourth-order valence-corrected chi connectivity index (χ4v) is 2.64. The molecule has 0 amide bonds. The van der Waals surface area contributed by atoms with Gasteiger partial charge in [0.1, 0.15) is 10.6 Å². The Morgan fingerprint density at radius 1 is 1.25 bits per heavy atom. The SMILES string of the molecule is COc1ccc(CCNCc2ccc(C(=O)O)s2)cc1. The first-order valence-electron chi connectivity index (χ1n) is 6.34. The van der Waals surface area contributed by atoms with Crippen LogP contribution in [0.2, 0.25) is 0 Å². The molecular formula is C15H17NO3S. The number of aromatic carboxylic acids is 1. The number of ether oxygens (including phenoxy) is 1. The summed E-state index contributed by atoms with van der Waals surface area (Å²) in [6.07, 6.45) is 0.932. The maximum Gasteiger partial charge on any atom is 0.345 e. The van der Waals surface area contributed by atoms with E-state index in [1.807, 2.05) is 30.3 Å². The fourth-order valence-electron chi connectivity index (χ4n) is 1.82. The van der Waals surface area contributed by atoms with Gasteiger partial charge in [-0.2, -0.15) is 0 Å². The van der Waals surface area contributed by atoms with E-state index in [1.165, 1.54) is 16.9 Å². The summed E-state index contributed by atoms with van der Waals surface area (Å²) in [5.74, 6) is 0.000905. The number of nitrogens with one attached hydrogen (secondary N) is 1. The van der Waals surface area contributed by atoms with Gasteiger partial charge in [0.05, 0.1) is 7.11 Å². The molecule has 0 aliphatic rings. The maximum atomic E-state index is 10.8. The number of hydrogen-bond donors (Lipinski definition) is 2. The van der Waals surface area contributed by atoms with Gasteiger partial charge in [0.15, 0.2) is 0 Å². The van der Waals surface area contributed by atoms with Gasteiger partial charge in [-0.15, -0.1) is 11.3 Å². The van der Waals surface area contributed by atoms with Gasteiger partial charge in [-0.1, -0.05) is 12.1 Å². The Labute approximate surface area is 122 Å². The summed E-state index contributed by atoms with van der Waals surface area (Å²) in [4.78, 5) is 12.2. The lowest BCUT2D eigenvalue weighted by Crippen LogP contribution is -2.15. The highest BCUT2D eigenvalue weighted by Gasteiger charge is 2.06. The summed E-state index contributed by atoms with van der Waals surface area (Å²) in [6.45, 7) is 1.56. The summed E-state index contributed by atoms with van der Waals surface area (Å²) in [7, 11) is 1.66. The molecule has 0 radical (unpaired) electrons. The zero-order chi connectivity index (χ0) is 14.4. The van der Waals surface area contributed by atoms with Crippen molar-refractivity contribution in [1.82, 2.24) is 5.32 Å². The second-order valence-electron chi connectivity index (χ2n) is 4.35. The van der Waals surface area contributed by atoms with Crippen molar-refractivity contribution >= 4 is 17.3 Å². The molecule has 0 unspecified atom stereocenters. The topological polar surface area (TPSA) is 58.6 Å². The third kappa shape index (κ3) is 4.08. The second-order valence-corrected chi connectivity index (χ2v) is 5.51. The van der Waals surface area contributed by atoms with Gasteiger partial charge >= 0.3 is 5.97 Å². The van der Waals surface area contributed by atoms with E-state index >= 15 is 0 Å². The molecule has 0 fully saturated rings. The molecule has 20 heavy (non-hydrogen) atoms. The molecular weight excluding hydrogens is 274 g/mol. The Morgan fingerprint density at radius 3 is 2.60 bits per heavy atom. The lowest BCUT2D eigenvalue weighted by atomic mass is 10.1. The van der Waals surface area contributed by atoms with Crippen molar-refractivity contribution in [2.75, 3.05) is 13.7 Å². The number of methoxy groups -OCH3 is 1. The summed E-state index contributed by atoms with van der Waals surface area (Å²) in [5.41, 5.74) is 1.25.